The van der Waals surface area contributed by atoms with Crippen LogP contribution in [0.15, 0.2) is 53.9 Å². The van der Waals surface area contributed by atoms with E-state index in [-0.39, 0.29) is 11.7 Å². The number of benzene rings is 1. The van der Waals surface area contributed by atoms with Crippen LogP contribution in [0.3, 0.4) is 0 Å². The van der Waals surface area contributed by atoms with Gasteiger partial charge in [-0.15, -0.1) is 10.2 Å². The van der Waals surface area contributed by atoms with E-state index in [1.807, 2.05) is 24.3 Å². The Bertz CT molecular complexity index is 870. The van der Waals surface area contributed by atoms with Crippen molar-refractivity contribution in [2.45, 2.75) is 11.7 Å². The van der Waals surface area contributed by atoms with Gasteiger partial charge < -0.3 is 11.2 Å². The van der Waals surface area contributed by atoms with Gasteiger partial charge in [-0.2, -0.15) is 0 Å². The standard InChI is InChI=1S/C16H15ClN6OS/c17-13-6-2-1-4-11(13)9-20-14(24)10-25-16-22-21-15(23(16)18)12-5-3-7-19-8-12/h1-8H,9-10,18H2,(H,20,24). The molecular weight excluding hydrogens is 360 g/mol. The number of hydrogen-bond donors (Lipinski definition) is 2. The van der Waals surface area contributed by atoms with Crippen LogP contribution in [0.2, 0.25) is 5.02 Å². The van der Waals surface area contributed by atoms with Crippen molar-refractivity contribution in [1.29, 1.82) is 0 Å². The van der Waals surface area contributed by atoms with Gasteiger partial charge in [0.05, 0.1) is 5.75 Å². The zero-order chi connectivity index (χ0) is 17.6. The molecule has 0 saturated heterocycles. The third-order valence-corrected chi connectivity index (χ3v) is 4.66. The molecule has 2 heterocycles. The Morgan fingerprint density at radius 3 is 2.84 bits per heavy atom. The van der Waals surface area contributed by atoms with Crippen molar-refractivity contribution in [2.75, 3.05) is 11.6 Å². The molecule has 3 aromatic rings. The zero-order valence-corrected chi connectivity index (χ0v) is 14.7. The minimum absolute atomic E-state index is 0.143. The molecule has 3 rings (SSSR count). The molecule has 2 aromatic heterocycles. The molecule has 9 heteroatoms. The number of carbonyl (C=O) groups excluding carboxylic acids is 1. The van der Waals surface area contributed by atoms with Crippen LogP contribution < -0.4 is 11.2 Å². The van der Waals surface area contributed by atoms with Crippen molar-refractivity contribution in [3.8, 4) is 11.4 Å². The highest BCUT2D eigenvalue weighted by molar-refractivity contribution is 7.99. The number of nitrogens with zero attached hydrogens (tertiary/aromatic N) is 4. The molecule has 0 atom stereocenters. The highest BCUT2D eigenvalue weighted by atomic mass is 35.5. The Morgan fingerprint density at radius 1 is 1.24 bits per heavy atom. The molecule has 1 aromatic carbocycles. The minimum atomic E-state index is -0.143. The fourth-order valence-corrected chi connectivity index (χ4v) is 2.97. The Labute approximate surface area is 153 Å². The van der Waals surface area contributed by atoms with E-state index in [1.165, 1.54) is 16.4 Å². The van der Waals surface area contributed by atoms with Gasteiger partial charge in [-0.1, -0.05) is 41.6 Å². The molecule has 0 saturated carbocycles. The molecule has 0 unspecified atom stereocenters. The molecule has 0 aliphatic heterocycles. The average Bonchev–Trinajstić information content (AvgIpc) is 3.00. The van der Waals surface area contributed by atoms with Crippen LogP contribution in [0.5, 0.6) is 0 Å². The first-order valence-corrected chi connectivity index (χ1v) is 8.75. The van der Waals surface area contributed by atoms with Gasteiger partial charge >= 0.3 is 0 Å². The Balaban J connectivity index is 1.56. The maximum absolute atomic E-state index is 12.0. The van der Waals surface area contributed by atoms with Crippen LogP contribution in [0.4, 0.5) is 0 Å². The number of nitrogens with two attached hydrogens (primary N) is 1. The van der Waals surface area contributed by atoms with Gasteiger partial charge in [0.2, 0.25) is 11.1 Å². The Kier molecular flexibility index (Phi) is 5.52. The lowest BCUT2D eigenvalue weighted by atomic mass is 10.2. The van der Waals surface area contributed by atoms with Crippen LogP contribution in [-0.2, 0) is 11.3 Å². The van der Waals surface area contributed by atoms with Crippen molar-refractivity contribution in [1.82, 2.24) is 25.2 Å². The Morgan fingerprint density at radius 2 is 2.08 bits per heavy atom. The van der Waals surface area contributed by atoms with E-state index in [4.69, 9.17) is 17.4 Å². The Hall–Kier alpha value is -2.58. The number of nitrogens with one attached hydrogen (secondary N) is 1. The second-order valence-corrected chi connectivity index (χ2v) is 6.42. The number of aromatic nitrogens is 4. The van der Waals surface area contributed by atoms with E-state index >= 15 is 0 Å². The van der Waals surface area contributed by atoms with Crippen molar-refractivity contribution in [3.63, 3.8) is 0 Å². The van der Waals surface area contributed by atoms with Crippen molar-refractivity contribution >= 4 is 29.3 Å². The van der Waals surface area contributed by atoms with Crippen molar-refractivity contribution < 1.29 is 4.79 Å². The molecule has 0 radical (unpaired) electrons. The second-order valence-electron chi connectivity index (χ2n) is 5.07. The van der Waals surface area contributed by atoms with Crippen LogP contribution in [0.25, 0.3) is 11.4 Å². The van der Waals surface area contributed by atoms with Crippen LogP contribution in [0.1, 0.15) is 5.56 Å². The number of halogens is 1. The highest BCUT2D eigenvalue weighted by Crippen LogP contribution is 2.20. The van der Waals surface area contributed by atoms with Crippen molar-refractivity contribution in [2.24, 2.45) is 0 Å². The fourth-order valence-electron chi connectivity index (χ4n) is 2.08. The summed E-state index contributed by atoms with van der Waals surface area (Å²) in [4.78, 5) is 16.0. The van der Waals surface area contributed by atoms with Gasteiger partial charge in [0, 0.05) is 29.5 Å². The summed E-state index contributed by atoms with van der Waals surface area (Å²) in [5, 5.41) is 12.0. The normalized spacial score (nSPS) is 10.6. The molecule has 7 nitrogen and oxygen atoms in total. The summed E-state index contributed by atoms with van der Waals surface area (Å²) in [6.07, 6.45) is 3.32. The lowest BCUT2D eigenvalue weighted by molar-refractivity contribution is -0.118. The molecule has 0 spiro atoms. The van der Waals surface area contributed by atoms with Crippen LogP contribution in [0, 0.1) is 0 Å². The predicted molar refractivity (Wildman–Crippen MR) is 97.4 cm³/mol. The summed E-state index contributed by atoms with van der Waals surface area (Å²) in [5.74, 6) is 6.52. The maximum Gasteiger partial charge on any atom is 0.230 e. The second kappa shape index (κ2) is 8.00. The summed E-state index contributed by atoms with van der Waals surface area (Å²) in [6, 6.07) is 11.0. The smallest absolute Gasteiger partial charge is 0.230 e. The molecular formula is C16H15ClN6OS. The molecule has 0 fully saturated rings. The summed E-state index contributed by atoms with van der Waals surface area (Å²) >= 11 is 7.27. The van der Waals surface area contributed by atoms with Crippen molar-refractivity contribution in [3.05, 3.63) is 59.4 Å². The number of hydrogen-bond acceptors (Lipinski definition) is 6. The molecule has 128 valence electrons. The highest BCUT2D eigenvalue weighted by Gasteiger charge is 2.13. The van der Waals surface area contributed by atoms with E-state index < -0.39 is 0 Å². The fraction of sp³-hybridized carbons (Fsp3) is 0.125. The van der Waals surface area contributed by atoms with Gasteiger partial charge in [0.25, 0.3) is 0 Å². The van der Waals surface area contributed by atoms with E-state index in [2.05, 4.69) is 20.5 Å². The SMILES string of the molecule is Nn1c(SCC(=O)NCc2ccccc2Cl)nnc1-c1cccnc1. The average molecular weight is 375 g/mol. The van der Waals surface area contributed by atoms with E-state index in [1.54, 1.807) is 24.5 Å². The van der Waals surface area contributed by atoms with Gasteiger partial charge in [-0.3, -0.25) is 9.78 Å². The first-order chi connectivity index (χ1) is 12.1. The first-order valence-electron chi connectivity index (χ1n) is 7.39. The largest absolute Gasteiger partial charge is 0.351 e. The molecule has 0 bridgehead atoms. The first kappa shape index (κ1) is 17.2. The van der Waals surface area contributed by atoms with Gasteiger partial charge in [-0.05, 0) is 23.8 Å². The number of carbonyl (C=O) groups is 1. The third kappa shape index (κ3) is 4.28. The van der Waals surface area contributed by atoms with E-state index in [0.29, 0.717) is 22.5 Å². The summed E-state index contributed by atoms with van der Waals surface area (Å²) in [7, 11) is 0. The quantitative estimate of drug-likeness (QED) is 0.506. The number of amides is 1. The van der Waals surface area contributed by atoms with E-state index in [0.717, 1.165) is 11.1 Å². The number of nitrogen functional groups attached to an aromatic ring is 1. The lowest BCUT2D eigenvalue weighted by Crippen LogP contribution is -2.25. The monoisotopic (exact) mass is 374 g/mol. The molecule has 1 amide bonds. The van der Waals surface area contributed by atoms with Gasteiger partial charge in [-0.25, -0.2) is 4.68 Å². The number of pyridine rings is 1. The molecule has 0 aliphatic rings. The zero-order valence-electron chi connectivity index (χ0n) is 13.1. The number of thioether (sulfide) groups is 1. The molecule has 3 N–H and O–H groups in total. The molecule has 0 aliphatic carbocycles. The number of rotatable bonds is 6. The third-order valence-electron chi connectivity index (χ3n) is 3.35. The lowest BCUT2D eigenvalue weighted by Gasteiger charge is -2.07. The maximum atomic E-state index is 12.0. The molecule has 25 heavy (non-hydrogen) atoms. The summed E-state index contributed by atoms with van der Waals surface area (Å²) < 4.78 is 1.35. The van der Waals surface area contributed by atoms with E-state index in [9.17, 15) is 4.79 Å². The summed E-state index contributed by atoms with van der Waals surface area (Å²) in [6.45, 7) is 0.370. The minimum Gasteiger partial charge on any atom is -0.351 e. The summed E-state index contributed by atoms with van der Waals surface area (Å²) in [5.41, 5.74) is 1.62. The van der Waals surface area contributed by atoms with Crippen LogP contribution in [-0.4, -0.2) is 31.5 Å². The van der Waals surface area contributed by atoms with Gasteiger partial charge in [0.15, 0.2) is 5.82 Å². The van der Waals surface area contributed by atoms with Gasteiger partial charge in [0.1, 0.15) is 0 Å². The topological polar surface area (TPSA) is 98.7 Å². The predicted octanol–water partition coefficient (Wildman–Crippen LogP) is 2.12. The van der Waals surface area contributed by atoms with Crippen LogP contribution >= 0.6 is 23.4 Å².